The average molecular weight is 265 g/mol. The molecule has 1 aromatic carbocycles. The largest absolute Gasteiger partial charge is 0.389 e. The molecule has 2 rings (SSSR count). The van der Waals surface area contributed by atoms with Crippen molar-refractivity contribution in [3.63, 3.8) is 0 Å². The van der Waals surface area contributed by atoms with Crippen LogP contribution in [0.5, 0.6) is 0 Å². The maximum absolute atomic E-state index is 10.3. The maximum Gasteiger partial charge on any atom is 0.0741 e. The fraction of sp³-hybridized carbons (Fsp3) is 0.600. The Bertz CT molecular complexity index is 388. The van der Waals surface area contributed by atoms with Crippen LogP contribution in [0.4, 0.5) is 0 Å². The van der Waals surface area contributed by atoms with Gasteiger partial charge < -0.3 is 10.4 Å². The molecule has 1 fully saturated rings. The van der Waals surface area contributed by atoms with E-state index in [0.717, 1.165) is 18.6 Å². The van der Waals surface area contributed by atoms with Gasteiger partial charge in [-0.05, 0) is 44.5 Å². The molecular formula is C15H23NOS. The molecule has 2 N–H and O–H groups in total. The molecule has 0 radical (unpaired) electrons. The highest BCUT2D eigenvalue weighted by Crippen LogP contribution is 2.35. The molecule has 0 bridgehead atoms. The number of nitrogens with one attached hydrogen (secondary N) is 1. The van der Waals surface area contributed by atoms with E-state index in [1.807, 2.05) is 7.05 Å². The molecule has 0 heterocycles. The molecule has 1 aliphatic carbocycles. The lowest BCUT2D eigenvalue weighted by Gasteiger charge is -2.21. The quantitative estimate of drug-likeness (QED) is 0.801. The van der Waals surface area contributed by atoms with Gasteiger partial charge >= 0.3 is 0 Å². The van der Waals surface area contributed by atoms with Gasteiger partial charge in [0.15, 0.2) is 0 Å². The first-order valence-corrected chi connectivity index (χ1v) is 7.74. The molecule has 0 amide bonds. The van der Waals surface area contributed by atoms with Crippen LogP contribution >= 0.6 is 11.8 Å². The first-order chi connectivity index (χ1) is 8.63. The van der Waals surface area contributed by atoms with E-state index in [0.29, 0.717) is 6.04 Å². The van der Waals surface area contributed by atoms with Gasteiger partial charge in [-0.2, -0.15) is 0 Å². The van der Waals surface area contributed by atoms with Crippen molar-refractivity contribution in [3.8, 4) is 0 Å². The first-order valence-electron chi connectivity index (χ1n) is 6.75. The van der Waals surface area contributed by atoms with Gasteiger partial charge in [0.05, 0.1) is 5.60 Å². The Morgan fingerprint density at radius 1 is 1.39 bits per heavy atom. The average Bonchev–Trinajstić information content (AvgIpc) is 2.83. The molecule has 1 unspecified atom stereocenters. The first kappa shape index (κ1) is 13.9. The van der Waals surface area contributed by atoms with Crippen molar-refractivity contribution in [1.29, 1.82) is 0 Å². The van der Waals surface area contributed by atoms with Crippen molar-refractivity contribution in [2.45, 2.75) is 49.1 Å². The minimum atomic E-state index is -0.421. The van der Waals surface area contributed by atoms with Crippen molar-refractivity contribution < 1.29 is 5.11 Å². The van der Waals surface area contributed by atoms with Gasteiger partial charge in [0.2, 0.25) is 0 Å². The number of aliphatic hydroxyl groups is 1. The van der Waals surface area contributed by atoms with Crippen molar-refractivity contribution in [1.82, 2.24) is 5.32 Å². The summed E-state index contributed by atoms with van der Waals surface area (Å²) in [4.78, 5) is 1.26. The van der Waals surface area contributed by atoms with Crippen LogP contribution in [0.2, 0.25) is 0 Å². The van der Waals surface area contributed by atoms with Crippen molar-refractivity contribution in [3.05, 3.63) is 29.8 Å². The van der Waals surface area contributed by atoms with Gasteiger partial charge in [-0.25, -0.2) is 0 Å². The van der Waals surface area contributed by atoms with Crippen molar-refractivity contribution in [2.75, 3.05) is 12.8 Å². The Kier molecular flexibility index (Phi) is 4.71. The highest BCUT2D eigenvalue weighted by molar-refractivity contribution is 7.99. The Balaban J connectivity index is 1.97. The van der Waals surface area contributed by atoms with Crippen molar-refractivity contribution >= 4 is 11.8 Å². The highest BCUT2D eigenvalue weighted by Gasteiger charge is 2.30. The summed E-state index contributed by atoms with van der Waals surface area (Å²) >= 11 is 1.78. The predicted molar refractivity (Wildman–Crippen MR) is 78.1 cm³/mol. The van der Waals surface area contributed by atoms with E-state index < -0.39 is 5.60 Å². The van der Waals surface area contributed by atoms with E-state index in [4.69, 9.17) is 0 Å². The lowest BCUT2D eigenvalue weighted by atomic mass is 10.1. The molecule has 0 aliphatic heterocycles. The zero-order valence-electron chi connectivity index (χ0n) is 11.3. The SMILES string of the molecule is CNC(C)c1cccc(SCC2(O)CCCC2)c1. The molecule has 3 heteroatoms. The Labute approximate surface area is 114 Å². The number of thioether (sulfide) groups is 1. The van der Waals surface area contributed by atoms with Crippen LogP contribution in [-0.2, 0) is 0 Å². The molecular weight excluding hydrogens is 242 g/mol. The van der Waals surface area contributed by atoms with Gasteiger partial charge in [-0.3, -0.25) is 0 Å². The predicted octanol–water partition coefficient (Wildman–Crippen LogP) is 3.36. The summed E-state index contributed by atoms with van der Waals surface area (Å²) in [6, 6.07) is 8.98. The minimum absolute atomic E-state index is 0.375. The smallest absolute Gasteiger partial charge is 0.0741 e. The van der Waals surface area contributed by atoms with E-state index in [1.54, 1.807) is 11.8 Å². The van der Waals surface area contributed by atoms with Crippen LogP contribution in [0.25, 0.3) is 0 Å². The second-order valence-corrected chi connectivity index (χ2v) is 6.35. The fourth-order valence-electron chi connectivity index (χ4n) is 2.44. The van der Waals surface area contributed by atoms with Crippen LogP contribution in [0.3, 0.4) is 0 Å². The second-order valence-electron chi connectivity index (χ2n) is 5.30. The number of hydrogen-bond acceptors (Lipinski definition) is 3. The summed E-state index contributed by atoms with van der Waals surface area (Å²) in [5, 5.41) is 13.6. The van der Waals surface area contributed by atoms with E-state index in [1.165, 1.54) is 23.3 Å². The summed E-state index contributed by atoms with van der Waals surface area (Å²) in [5.74, 6) is 0.824. The van der Waals surface area contributed by atoms with E-state index >= 15 is 0 Å². The molecule has 1 saturated carbocycles. The zero-order chi connectivity index (χ0) is 13.0. The van der Waals surface area contributed by atoms with Crippen molar-refractivity contribution in [2.24, 2.45) is 0 Å². The normalized spacial score (nSPS) is 19.9. The molecule has 0 aromatic heterocycles. The summed E-state index contributed by atoms with van der Waals surface area (Å²) < 4.78 is 0. The summed E-state index contributed by atoms with van der Waals surface area (Å²) in [6.07, 6.45) is 4.28. The van der Waals surface area contributed by atoms with Gasteiger partial charge in [-0.15, -0.1) is 11.8 Å². The van der Waals surface area contributed by atoms with Crippen LogP contribution in [-0.4, -0.2) is 23.5 Å². The molecule has 100 valence electrons. The van der Waals surface area contributed by atoms with Gasteiger partial charge in [0.1, 0.15) is 0 Å². The zero-order valence-corrected chi connectivity index (χ0v) is 12.1. The molecule has 1 atom stereocenters. The van der Waals surface area contributed by atoms with E-state index in [-0.39, 0.29) is 0 Å². The Morgan fingerprint density at radius 2 is 2.11 bits per heavy atom. The van der Waals surface area contributed by atoms with E-state index in [9.17, 15) is 5.11 Å². The monoisotopic (exact) mass is 265 g/mol. The summed E-state index contributed by atoms with van der Waals surface area (Å²) in [7, 11) is 1.98. The lowest BCUT2D eigenvalue weighted by molar-refractivity contribution is 0.0732. The van der Waals surface area contributed by atoms with Crippen LogP contribution in [0, 0.1) is 0 Å². The van der Waals surface area contributed by atoms with Crippen LogP contribution in [0.15, 0.2) is 29.2 Å². The fourth-order valence-corrected chi connectivity index (χ4v) is 3.55. The van der Waals surface area contributed by atoms with Gasteiger partial charge in [-0.1, -0.05) is 25.0 Å². The van der Waals surface area contributed by atoms with Crippen LogP contribution < -0.4 is 5.32 Å². The van der Waals surface area contributed by atoms with Gasteiger partial charge in [0.25, 0.3) is 0 Å². The molecule has 2 nitrogen and oxygen atoms in total. The minimum Gasteiger partial charge on any atom is -0.389 e. The molecule has 18 heavy (non-hydrogen) atoms. The maximum atomic E-state index is 10.3. The third-order valence-electron chi connectivity index (χ3n) is 3.83. The lowest BCUT2D eigenvalue weighted by Crippen LogP contribution is -2.27. The molecule has 1 aliphatic rings. The molecule has 1 aromatic rings. The standard InChI is InChI=1S/C15H23NOS/c1-12(16-2)13-6-5-7-14(10-13)18-11-15(17)8-3-4-9-15/h5-7,10,12,16-17H,3-4,8-9,11H2,1-2H3. The molecule has 0 saturated heterocycles. The topological polar surface area (TPSA) is 32.3 Å². The van der Waals surface area contributed by atoms with Crippen LogP contribution in [0.1, 0.15) is 44.2 Å². The second kappa shape index (κ2) is 6.09. The number of hydrogen-bond donors (Lipinski definition) is 2. The number of benzene rings is 1. The van der Waals surface area contributed by atoms with Gasteiger partial charge in [0, 0.05) is 16.7 Å². The third kappa shape index (κ3) is 3.50. The number of rotatable bonds is 5. The van der Waals surface area contributed by atoms with E-state index in [2.05, 4.69) is 36.5 Å². The highest BCUT2D eigenvalue weighted by atomic mass is 32.2. The molecule has 0 spiro atoms. The Hall–Kier alpha value is -0.510. The summed E-state index contributed by atoms with van der Waals surface area (Å²) in [5.41, 5.74) is 0.885. The third-order valence-corrected chi connectivity index (χ3v) is 5.10. The Morgan fingerprint density at radius 3 is 2.78 bits per heavy atom. The summed E-state index contributed by atoms with van der Waals surface area (Å²) in [6.45, 7) is 2.16.